The van der Waals surface area contributed by atoms with E-state index >= 15 is 0 Å². The fourth-order valence-corrected chi connectivity index (χ4v) is 20.2. The van der Waals surface area contributed by atoms with Gasteiger partial charge in [-0.2, -0.15) is 10.5 Å². The molecule has 0 N–H and O–H groups in total. The van der Waals surface area contributed by atoms with Crippen molar-refractivity contribution in [2.24, 2.45) is 92.7 Å². The first-order chi connectivity index (χ1) is 28.2. The van der Waals surface area contributed by atoms with Crippen LogP contribution in [0, 0.1) is 115 Å². The largest absolute Gasteiger partial charge is 0.488 e. The molecule has 0 heterocycles. The Balaban J connectivity index is 0.904. The Kier molecular flexibility index (Phi) is 8.07. The van der Waals surface area contributed by atoms with E-state index < -0.39 is 0 Å². The zero-order chi connectivity index (χ0) is 38.4. The molecule has 0 atom stereocenters. The van der Waals surface area contributed by atoms with Gasteiger partial charge in [-0.15, -0.1) is 0 Å². The first kappa shape index (κ1) is 36.1. The van der Waals surface area contributed by atoms with E-state index in [1.807, 2.05) is 0 Å². The maximum Gasteiger partial charge on any atom is 0.209 e. The van der Waals surface area contributed by atoms with E-state index in [-0.39, 0.29) is 21.7 Å². The number of hydrogen-bond acceptors (Lipinski definition) is 6. The third-order valence-corrected chi connectivity index (χ3v) is 20.3. The van der Waals surface area contributed by atoms with Gasteiger partial charge in [0.2, 0.25) is 11.5 Å². The van der Waals surface area contributed by atoms with Crippen molar-refractivity contribution in [2.75, 3.05) is 26.4 Å². The van der Waals surface area contributed by atoms with Crippen molar-refractivity contribution in [1.29, 1.82) is 10.5 Å². The van der Waals surface area contributed by atoms with Crippen molar-refractivity contribution in [1.82, 2.24) is 0 Å². The SMILES string of the molecule is N#Cc1c(C#N)c(OCC23CC4CC(CC(C4)C2)C3)c(OCC23CC4CC(CC(C4)C2)C3)c(OCC23CC4CC(CC(C4)C2)C3)c1OCC12CC3CC(CC(C3)C1)C2. The predicted octanol–water partition coefficient (Wildman–Crippen LogP) is 11.8. The van der Waals surface area contributed by atoms with Gasteiger partial charge in [0.1, 0.15) is 23.3 Å². The summed E-state index contributed by atoms with van der Waals surface area (Å²) in [5, 5.41) is 22.4. The van der Waals surface area contributed by atoms with Crippen LogP contribution in [0.15, 0.2) is 0 Å². The second-order valence-corrected chi connectivity index (χ2v) is 25.1. The van der Waals surface area contributed by atoms with Crippen LogP contribution in [0.3, 0.4) is 0 Å². The summed E-state index contributed by atoms with van der Waals surface area (Å²) in [6.07, 6.45) is 31.6. The van der Waals surface area contributed by atoms with E-state index in [9.17, 15) is 10.5 Å². The fourth-order valence-electron chi connectivity index (χ4n) is 20.2. The van der Waals surface area contributed by atoms with Gasteiger partial charge in [-0.1, -0.05) is 0 Å². The molecule has 58 heavy (non-hydrogen) atoms. The third kappa shape index (κ3) is 5.92. The topological polar surface area (TPSA) is 84.5 Å². The summed E-state index contributed by atoms with van der Waals surface area (Å²) in [7, 11) is 0. The zero-order valence-electron chi connectivity index (χ0n) is 35.3. The molecule has 16 aliphatic rings. The molecule has 0 spiro atoms. The number of hydrogen-bond donors (Lipinski definition) is 0. The van der Waals surface area contributed by atoms with Gasteiger partial charge in [0, 0.05) is 21.7 Å². The molecule has 16 fully saturated rings. The normalized spacial score (nSPS) is 48.9. The molecule has 1 aromatic rings. The lowest BCUT2D eigenvalue weighted by Crippen LogP contribution is -2.49. The minimum Gasteiger partial charge on any atom is -0.488 e. The van der Waals surface area contributed by atoms with Gasteiger partial charge in [-0.05, 0) is 225 Å². The average Bonchev–Trinajstić information content (AvgIpc) is 3.15. The van der Waals surface area contributed by atoms with Crippen LogP contribution in [0.5, 0.6) is 23.0 Å². The summed E-state index contributed by atoms with van der Waals surface area (Å²) in [6.45, 7) is 2.49. The molecule has 1 aromatic carbocycles. The Morgan fingerprint density at radius 3 is 0.655 bits per heavy atom. The molecule has 17 rings (SSSR count). The summed E-state index contributed by atoms with van der Waals surface area (Å²) < 4.78 is 29.2. The molecule has 0 unspecified atom stereocenters. The van der Waals surface area contributed by atoms with Crippen molar-refractivity contribution in [3.63, 3.8) is 0 Å². The smallest absolute Gasteiger partial charge is 0.209 e. The van der Waals surface area contributed by atoms with Gasteiger partial charge in [-0.3, -0.25) is 0 Å². The van der Waals surface area contributed by atoms with E-state index in [2.05, 4.69) is 12.1 Å². The number of nitrogens with zero attached hydrogens (tertiary/aromatic N) is 2. The van der Waals surface area contributed by atoms with E-state index in [1.165, 1.54) is 154 Å². The highest BCUT2D eigenvalue weighted by atomic mass is 16.6. The molecule has 16 aliphatic carbocycles. The van der Waals surface area contributed by atoms with E-state index in [1.54, 1.807) is 0 Å². The van der Waals surface area contributed by atoms with Gasteiger partial charge in [0.15, 0.2) is 11.5 Å². The van der Waals surface area contributed by atoms with Crippen molar-refractivity contribution in [3.8, 4) is 35.1 Å². The van der Waals surface area contributed by atoms with Crippen LogP contribution in [-0.4, -0.2) is 26.4 Å². The third-order valence-electron chi connectivity index (χ3n) is 20.3. The van der Waals surface area contributed by atoms with Crippen LogP contribution in [0.25, 0.3) is 0 Å². The lowest BCUT2D eigenvalue weighted by molar-refractivity contribution is -0.0829. The molecule has 0 amide bonds. The monoisotopic (exact) mass is 785 g/mol. The van der Waals surface area contributed by atoms with Crippen LogP contribution in [-0.2, 0) is 0 Å². The highest BCUT2D eigenvalue weighted by molar-refractivity contribution is 5.73. The maximum absolute atomic E-state index is 11.2. The number of rotatable bonds is 12. The Morgan fingerprint density at radius 1 is 0.310 bits per heavy atom. The summed E-state index contributed by atoms with van der Waals surface area (Å²) >= 11 is 0. The Morgan fingerprint density at radius 2 is 0.483 bits per heavy atom. The molecule has 0 saturated heterocycles. The Hall–Kier alpha value is -2.60. The molecule has 0 aromatic heterocycles. The second kappa shape index (κ2) is 13.0. The predicted molar refractivity (Wildman–Crippen MR) is 220 cm³/mol. The summed E-state index contributed by atoms with van der Waals surface area (Å²) in [4.78, 5) is 0. The highest BCUT2D eigenvalue weighted by Gasteiger charge is 2.56. The summed E-state index contributed by atoms with van der Waals surface area (Å²) in [6, 6.07) is 5.11. The van der Waals surface area contributed by atoms with Crippen molar-refractivity contribution >= 4 is 0 Å². The number of nitriles is 2. The molecule has 6 nitrogen and oxygen atoms in total. The van der Waals surface area contributed by atoms with Crippen LogP contribution in [0.2, 0.25) is 0 Å². The van der Waals surface area contributed by atoms with Gasteiger partial charge < -0.3 is 18.9 Å². The van der Waals surface area contributed by atoms with Crippen LogP contribution in [0.1, 0.15) is 165 Å². The lowest BCUT2D eigenvalue weighted by Gasteiger charge is -2.57. The number of benzene rings is 1. The maximum atomic E-state index is 11.2. The van der Waals surface area contributed by atoms with E-state index in [0.717, 1.165) is 71.0 Å². The average molecular weight is 785 g/mol. The van der Waals surface area contributed by atoms with Crippen molar-refractivity contribution in [3.05, 3.63) is 11.1 Å². The lowest BCUT2D eigenvalue weighted by atomic mass is 9.50. The highest BCUT2D eigenvalue weighted by Crippen LogP contribution is 2.65. The fraction of sp³-hybridized carbons (Fsp3) is 0.846. The first-order valence-corrected chi connectivity index (χ1v) is 24.8. The zero-order valence-corrected chi connectivity index (χ0v) is 35.3. The van der Waals surface area contributed by atoms with Crippen LogP contribution < -0.4 is 18.9 Å². The minimum atomic E-state index is 0.152. The first-order valence-electron chi connectivity index (χ1n) is 24.8. The van der Waals surface area contributed by atoms with Crippen molar-refractivity contribution < 1.29 is 18.9 Å². The molecule has 16 saturated carbocycles. The Bertz CT molecular complexity index is 1650. The van der Waals surface area contributed by atoms with Gasteiger partial charge in [0.05, 0.1) is 26.4 Å². The number of ether oxygens (including phenoxy) is 4. The Labute approximate surface area is 347 Å². The molecule has 16 bridgehead atoms. The summed E-state index contributed by atoms with van der Waals surface area (Å²) in [5.74, 6) is 12.0. The molecule has 0 radical (unpaired) electrons. The molecular formula is C52H68N2O4. The standard InChI is InChI=1S/C52H68N2O4/c53-25-43-44(26-54)46(56-28-50-16-34-4-35(17-50)6-36(5-34)18-50)48(58-30-52-22-40-10-41(23-52)12-42(11-40)24-52)47(57-29-51-19-37-7-38(20-51)9-39(8-37)21-51)45(43)55-27-49-13-31-1-32(14-49)3-33(2-31)15-49/h31-42H,1-24,27-30H2. The van der Waals surface area contributed by atoms with E-state index in [0.29, 0.717) is 60.6 Å². The van der Waals surface area contributed by atoms with Gasteiger partial charge >= 0.3 is 0 Å². The molecular weight excluding hydrogens is 717 g/mol. The second-order valence-electron chi connectivity index (χ2n) is 25.1. The quantitative estimate of drug-likeness (QED) is 0.210. The van der Waals surface area contributed by atoms with Crippen LogP contribution in [0.4, 0.5) is 0 Å². The molecule has 6 heteroatoms. The van der Waals surface area contributed by atoms with Gasteiger partial charge in [0.25, 0.3) is 0 Å². The van der Waals surface area contributed by atoms with Crippen molar-refractivity contribution in [2.45, 2.75) is 154 Å². The molecule has 310 valence electrons. The molecule has 0 aliphatic heterocycles. The van der Waals surface area contributed by atoms with E-state index in [4.69, 9.17) is 18.9 Å². The van der Waals surface area contributed by atoms with Crippen LogP contribution >= 0.6 is 0 Å². The minimum absolute atomic E-state index is 0.152. The van der Waals surface area contributed by atoms with Gasteiger partial charge in [-0.25, -0.2) is 0 Å². The summed E-state index contributed by atoms with van der Waals surface area (Å²) in [5.41, 5.74) is 1.28.